The van der Waals surface area contributed by atoms with Crippen LogP contribution in [0.15, 0.2) is 79.0 Å². The molecule has 0 saturated carbocycles. The summed E-state index contributed by atoms with van der Waals surface area (Å²) in [5.41, 5.74) is 8.09. The second kappa shape index (κ2) is 10.2. The van der Waals surface area contributed by atoms with Crippen molar-refractivity contribution in [2.75, 3.05) is 15.9 Å². The summed E-state index contributed by atoms with van der Waals surface area (Å²) in [5.74, 6) is 0. The monoisotopic (exact) mass is 545 g/mol. The fourth-order valence-corrected chi connectivity index (χ4v) is 6.13. The highest BCUT2D eigenvalue weighted by Crippen LogP contribution is 2.44. The zero-order chi connectivity index (χ0) is 27.0. The molecule has 0 aliphatic carbocycles. The van der Waals surface area contributed by atoms with Crippen LogP contribution in [0.2, 0.25) is 0 Å². The first-order valence-corrected chi connectivity index (χ1v) is 14.8. The predicted octanol–water partition coefficient (Wildman–Crippen LogP) is 5.60. The highest BCUT2D eigenvalue weighted by Gasteiger charge is 2.42. The maximum atomic E-state index is 11.7. The van der Waals surface area contributed by atoms with E-state index in [0.717, 1.165) is 46.7 Å². The van der Waals surface area contributed by atoms with Gasteiger partial charge in [-0.2, -0.15) is 0 Å². The molecule has 196 valence electrons. The number of thiocarbonyl (C=S) groups is 1. The van der Waals surface area contributed by atoms with Crippen LogP contribution in [-0.4, -0.2) is 29.3 Å². The van der Waals surface area contributed by atoms with E-state index in [-0.39, 0.29) is 12.1 Å². The van der Waals surface area contributed by atoms with E-state index >= 15 is 0 Å². The zero-order valence-electron chi connectivity index (χ0n) is 21.8. The van der Waals surface area contributed by atoms with E-state index in [1.165, 1.54) is 5.56 Å². The Morgan fingerprint density at radius 2 is 1.68 bits per heavy atom. The van der Waals surface area contributed by atoms with Crippen LogP contribution in [0, 0.1) is 13.8 Å². The standard InChI is InChI=1S/C29H31N5O2S2/c1-5-21-9-13-23(14-10-21)33-19(2)18-25(20(33)3)28-27(26-8-6-7-17-30-26)31-29(37)34(28)24-15-11-22(12-16-24)32-38(4,35)36/h6-18,27-28,32H,5H2,1-4H3,(H,31,37)/t27-,28+/m1/s1. The minimum atomic E-state index is -3.37. The van der Waals surface area contributed by atoms with Gasteiger partial charge in [0.2, 0.25) is 10.0 Å². The van der Waals surface area contributed by atoms with Crippen molar-refractivity contribution in [3.05, 3.63) is 107 Å². The Balaban J connectivity index is 1.61. The number of aryl methyl sites for hydroxylation is 2. The Morgan fingerprint density at radius 3 is 2.29 bits per heavy atom. The van der Waals surface area contributed by atoms with Crippen LogP contribution < -0.4 is 14.9 Å². The molecule has 1 fully saturated rings. The Kier molecular flexibility index (Phi) is 6.98. The lowest BCUT2D eigenvalue weighted by molar-refractivity contribution is 0.565. The van der Waals surface area contributed by atoms with Gasteiger partial charge in [-0.1, -0.05) is 25.1 Å². The lowest BCUT2D eigenvalue weighted by Crippen LogP contribution is -2.29. The van der Waals surface area contributed by atoms with E-state index in [0.29, 0.717) is 10.8 Å². The van der Waals surface area contributed by atoms with E-state index in [1.807, 2.05) is 30.3 Å². The molecule has 1 saturated heterocycles. The highest BCUT2D eigenvalue weighted by atomic mass is 32.2. The third-order valence-corrected chi connectivity index (χ3v) is 7.86. The van der Waals surface area contributed by atoms with Crippen LogP contribution in [0.25, 0.3) is 5.69 Å². The molecule has 2 aromatic heterocycles. The number of anilines is 2. The maximum absolute atomic E-state index is 11.7. The van der Waals surface area contributed by atoms with Crippen molar-refractivity contribution in [2.45, 2.75) is 39.3 Å². The smallest absolute Gasteiger partial charge is 0.229 e. The molecule has 1 aliphatic rings. The number of nitrogens with zero attached hydrogens (tertiary/aromatic N) is 3. The molecule has 38 heavy (non-hydrogen) atoms. The van der Waals surface area contributed by atoms with Crippen molar-refractivity contribution in [3.8, 4) is 5.69 Å². The molecule has 0 bridgehead atoms. The molecule has 4 aromatic rings. The summed E-state index contributed by atoms with van der Waals surface area (Å²) >= 11 is 5.87. The van der Waals surface area contributed by atoms with Gasteiger partial charge in [0.1, 0.15) is 0 Å². The number of nitrogens with one attached hydrogen (secondary N) is 2. The molecule has 0 spiro atoms. The predicted molar refractivity (Wildman–Crippen MR) is 157 cm³/mol. The van der Waals surface area contributed by atoms with Gasteiger partial charge in [-0.15, -0.1) is 0 Å². The molecule has 0 radical (unpaired) electrons. The number of rotatable bonds is 7. The molecule has 1 aliphatic heterocycles. The molecular weight excluding hydrogens is 514 g/mol. The van der Waals surface area contributed by atoms with Gasteiger partial charge >= 0.3 is 0 Å². The van der Waals surface area contributed by atoms with Crippen molar-refractivity contribution in [1.82, 2.24) is 14.9 Å². The van der Waals surface area contributed by atoms with E-state index < -0.39 is 10.0 Å². The first-order valence-electron chi connectivity index (χ1n) is 12.5. The van der Waals surface area contributed by atoms with Gasteiger partial charge in [0.15, 0.2) is 5.11 Å². The molecule has 2 N–H and O–H groups in total. The van der Waals surface area contributed by atoms with Crippen LogP contribution in [0.5, 0.6) is 0 Å². The molecule has 0 amide bonds. The zero-order valence-corrected chi connectivity index (χ0v) is 23.5. The van der Waals surface area contributed by atoms with Gasteiger partial charge in [-0.3, -0.25) is 9.71 Å². The highest BCUT2D eigenvalue weighted by molar-refractivity contribution is 7.92. The second-order valence-corrected chi connectivity index (χ2v) is 11.7. The molecule has 0 unspecified atom stereocenters. The summed E-state index contributed by atoms with van der Waals surface area (Å²) in [6, 6.07) is 23.8. The van der Waals surface area contributed by atoms with Crippen LogP contribution in [0.4, 0.5) is 11.4 Å². The number of hydrogen-bond acceptors (Lipinski definition) is 4. The van der Waals surface area contributed by atoms with Gasteiger partial charge in [0, 0.05) is 34.6 Å². The molecule has 2 atom stereocenters. The van der Waals surface area contributed by atoms with Crippen LogP contribution >= 0.6 is 12.2 Å². The van der Waals surface area contributed by atoms with Crippen molar-refractivity contribution < 1.29 is 8.42 Å². The first-order chi connectivity index (χ1) is 18.2. The van der Waals surface area contributed by atoms with Crippen LogP contribution in [-0.2, 0) is 16.4 Å². The van der Waals surface area contributed by atoms with E-state index in [1.54, 1.807) is 18.3 Å². The Morgan fingerprint density at radius 1 is 1.00 bits per heavy atom. The topological polar surface area (TPSA) is 79.3 Å². The van der Waals surface area contributed by atoms with E-state index in [9.17, 15) is 8.42 Å². The summed E-state index contributed by atoms with van der Waals surface area (Å²) in [4.78, 5) is 6.76. The van der Waals surface area contributed by atoms with Crippen molar-refractivity contribution in [2.24, 2.45) is 0 Å². The van der Waals surface area contributed by atoms with Gasteiger partial charge in [-0.05, 0) is 98.2 Å². The average Bonchev–Trinajstić information content (AvgIpc) is 3.39. The Labute approximate surface area is 229 Å². The maximum Gasteiger partial charge on any atom is 0.229 e. The molecule has 5 rings (SSSR count). The number of benzene rings is 2. The van der Waals surface area contributed by atoms with Crippen LogP contribution in [0.1, 0.15) is 47.2 Å². The SMILES string of the molecule is CCc1ccc(-n2c(C)cc([C@H]3[C@@H](c4ccccn4)NC(=S)N3c3ccc(NS(C)(=O)=O)cc3)c2C)cc1. The minimum absolute atomic E-state index is 0.166. The largest absolute Gasteiger partial charge is 0.351 e. The number of pyridine rings is 1. The van der Waals surface area contributed by atoms with E-state index in [2.05, 4.69) is 75.6 Å². The average molecular weight is 546 g/mol. The van der Waals surface area contributed by atoms with Gasteiger partial charge in [0.25, 0.3) is 0 Å². The second-order valence-electron chi connectivity index (χ2n) is 9.60. The summed E-state index contributed by atoms with van der Waals surface area (Å²) in [7, 11) is -3.37. The summed E-state index contributed by atoms with van der Waals surface area (Å²) in [6.45, 7) is 6.42. The van der Waals surface area contributed by atoms with Crippen molar-refractivity contribution in [1.29, 1.82) is 0 Å². The minimum Gasteiger partial charge on any atom is -0.351 e. The number of sulfonamides is 1. The first kappa shape index (κ1) is 25.9. The summed E-state index contributed by atoms with van der Waals surface area (Å²) < 4.78 is 28.2. The molecule has 9 heteroatoms. The van der Waals surface area contributed by atoms with Gasteiger partial charge in [-0.25, -0.2) is 8.42 Å². The summed E-state index contributed by atoms with van der Waals surface area (Å²) in [5, 5.41) is 4.09. The quantitative estimate of drug-likeness (QED) is 0.294. The molecule has 7 nitrogen and oxygen atoms in total. The lowest BCUT2D eigenvalue weighted by Gasteiger charge is -2.28. The Hall–Kier alpha value is -3.69. The fourth-order valence-electron chi connectivity index (χ4n) is 5.22. The van der Waals surface area contributed by atoms with Crippen molar-refractivity contribution >= 4 is 38.7 Å². The Bertz CT molecular complexity index is 1560. The van der Waals surface area contributed by atoms with Gasteiger partial charge < -0.3 is 14.8 Å². The van der Waals surface area contributed by atoms with Gasteiger partial charge in [0.05, 0.1) is 24.0 Å². The van der Waals surface area contributed by atoms with E-state index in [4.69, 9.17) is 12.2 Å². The van der Waals surface area contributed by atoms with Crippen molar-refractivity contribution in [3.63, 3.8) is 0 Å². The lowest BCUT2D eigenvalue weighted by atomic mass is 9.96. The fraction of sp³-hybridized carbons (Fsp3) is 0.241. The molecule has 3 heterocycles. The van der Waals surface area contributed by atoms with Crippen LogP contribution in [0.3, 0.4) is 0 Å². The number of hydrogen-bond donors (Lipinski definition) is 2. The third-order valence-electron chi connectivity index (χ3n) is 6.94. The normalized spacial score (nSPS) is 17.5. The third kappa shape index (κ3) is 5.04. The summed E-state index contributed by atoms with van der Waals surface area (Å²) in [6.07, 6.45) is 3.93. The number of aromatic nitrogens is 2. The molecular formula is C29H31N5O2S2. The molecule has 2 aromatic carbocycles.